The lowest BCUT2D eigenvalue weighted by Gasteiger charge is -2.12. The van der Waals surface area contributed by atoms with Crippen LogP contribution in [0.2, 0.25) is 0 Å². The summed E-state index contributed by atoms with van der Waals surface area (Å²) in [6.45, 7) is 0. The van der Waals surface area contributed by atoms with Gasteiger partial charge in [0.2, 0.25) is 0 Å². The normalized spacial score (nSPS) is 11.4. The van der Waals surface area contributed by atoms with Crippen molar-refractivity contribution in [3.63, 3.8) is 0 Å². The second-order valence-corrected chi connectivity index (χ2v) is 4.27. The van der Waals surface area contributed by atoms with E-state index in [1.54, 1.807) is 0 Å². The molecule has 0 aliphatic carbocycles. The van der Waals surface area contributed by atoms with E-state index in [1.165, 1.54) is 18.2 Å². The van der Waals surface area contributed by atoms with Crippen LogP contribution in [-0.2, 0) is 12.6 Å². The Labute approximate surface area is 116 Å². The van der Waals surface area contributed by atoms with Gasteiger partial charge in [-0.2, -0.15) is 13.2 Å². The van der Waals surface area contributed by atoms with Crippen LogP contribution in [-0.4, -0.2) is 15.9 Å². The van der Waals surface area contributed by atoms with E-state index in [-0.39, 0.29) is 23.5 Å². The number of nitrogens with zero attached hydrogens (tertiary/aromatic N) is 1. The third-order valence-electron chi connectivity index (χ3n) is 2.72. The number of H-pyrrole nitrogens is 1. The highest BCUT2D eigenvalue weighted by molar-refractivity contribution is 5.90. The highest BCUT2D eigenvalue weighted by atomic mass is 19.4. The lowest BCUT2D eigenvalue weighted by Crippen LogP contribution is -2.21. The van der Waals surface area contributed by atoms with Gasteiger partial charge in [-0.1, -0.05) is 18.2 Å². The Kier molecular flexibility index (Phi) is 3.79. The Morgan fingerprint density at radius 1 is 1.29 bits per heavy atom. The quantitative estimate of drug-likeness (QED) is 0.899. The molecule has 2 rings (SSSR count). The molecule has 8 heteroatoms. The summed E-state index contributed by atoms with van der Waals surface area (Å²) in [6, 6.07) is 5.82. The summed E-state index contributed by atoms with van der Waals surface area (Å²) in [6.07, 6.45) is -4.79. The molecule has 3 N–H and O–H groups in total. The average Bonchev–Trinajstić information content (AvgIpc) is 2.37. The third kappa shape index (κ3) is 3.47. The molecule has 110 valence electrons. The predicted molar refractivity (Wildman–Crippen MR) is 67.6 cm³/mol. The van der Waals surface area contributed by atoms with Crippen molar-refractivity contribution >= 4 is 5.91 Å². The Hall–Kier alpha value is -2.64. The number of amides is 1. The molecular formula is C13H10F3N3O2. The number of carbonyl (C=O) groups is 1. The molecular weight excluding hydrogens is 287 g/mol. The minimum atomic E-state index is -4.52. The number of hydrogen-bond acceptors (Lipinski definition) is 3. The van der Waals surface area contributed by atoms with Gasteiger partial charge >= 0.3 is 6.18 Å². The van der Waals surface area contributed by atoms with Crippen LogP contribution < -0.4 is 11.3 Å². The average molecular weight is 297 g/mol. The molecule has 1 aromatic carbocycles. The van der Waals surface area contributed by atoms with Crippen molar-refractivity contribution in [1.82, 2.24) is 9.97 Å². The number of aromatic amines is 1. The molecule has 1 aromatic heterocycles. The zero-order valence-corrected chi connectivity index (χ0v) is 10.6. The fourth-order valence-corrected chi connectivity index (χ4v) is 1.85. The van der Waals surface area contributed by atoms with E-state index in [0.29, 0.717) is 0 Å². The molecule has 1 heterocycles. The Morgan fingerprint density at radius 3 is 2.57 bits per heavy atom. The Balaban J connectivity index is 2.44. The first-order valence-corrected chi connectivity index (χ1v) is 5.82. The third-order valence-corrected chi connectivity index (χ3v) is 2.72. The number of halogens is 3. The summed E-state index contributed by atoms with van der Waals surface area (Å²) < 4.78 is 38.6. The van der Waals surface area contributed by atoms with Crippen LogP contribution in [0.5, 0.6) is 0 Å². The number of aromatic nitrogens is 2. The lowest BCUT2D eigenvalue weighted by atomic mass is 10.0. The van der Waals surface area contributed by atoms with Gasteiger partial charge in [-0.3, -0.25) is 9.59 Å². The maximum absolute atomic E-state index is 12.9. The maximum Gasteiger partial charge on any atom is 0.416 e. The minimum Gasteiger partial charge on any atom is -0.364 e. The molecule has 0 atom stereocenters. The monoisotopic (exact) mass is 297 g/mol. The molecule has 0 bridgehead atoms. The first-order valence-electron chi connectivity index (χ1n) is 5.82. The molecule has 2 aromatic rings. The van der Waals surface area contributed by atoms with Gasteiger partial charge in [0.15, 0.2) is 0 Å². The molecule has 0 spiro atoms. The first kappa shape index (κ1) is 14.8. The molecule has 0 saturated heterocycles. The number of hydrogen-bond donors (Lipinski definition) is 2. The summed E-state index contributed by atoms with van der Waals surface area (Å²) in [5.41, 5.74) is 3.18. The van der Waals surface area contributed by atoms with E-state index in [2.05, 4.69) is 9.97 Å². The van der Waals surface area contributed by atoms with E-state index >= 15 is 0 Å². The molecule has 0 radical (unpaired) electrons. The standard InChI is InChI=1S/C13H10F3N3O2/c14-13(15,16)8-4-2-1-3-7(8)5-10-18-9(12(17)21)6-11(20)19-10/h1-4,6H,5H2,(H2,17,21)(H,18,19,20). The zero-order valence-electron chi connectivity index (χ0n) is 10.6. The van der Waals surface area contributed by atoms with Gasteiger partial charge in [-0.05, 0) is 11.6 Å². The molecule has 0 aliphatic heterocycles. The topological polar surface area (TPSA) is 88.8 Å². The van der Waals surface area contributed by atoms with Crippen molar-refractivity contribution in [3.05, 3.63) is 63.3 Å². The maximum atomic E-state index is 12.9. The Bertz CT molecular complexity index is 738. The first-order chi connectivity index (χ1) is 9.77. The smallest absolute Gasteiger partial charge is 0.364 e. The van der Waals surface area contributed by atoms with E-state index in [1.807, 2.05) is 0 Å². The number of nitrogens with one attached hydrogen (secondary N) is 1. The second-order valence-electron chi connectivity index (χ2n) is 4.27. The molecule has 0 fully saturated rings. The van der Waals surface area contributed by atoms with Crippen LogP contribution in [0.25, 0.3) is 0 Å². The largest absolute Gasteiger partial charge is 0.416 e. The lowest BCUT2D eigenvalue weighted by molar-refractivity contribution is -0.138. The summed E-state index contributed by atoms with van der Waals surface area (Å²) in [7, 11) is 0. The minimum absolute atomic E-state index is 0.0604. The van der Waals surface area contributed by atoms with Gasteiger partial charge in [-0.15, -0.1) is 0 Å². The van der Waals surface area contributed by atoms with Gasteiger partial charge in [0, 0.05) is 12.5 Å². The van der Waals surface area contributed by atoms with E-state index < -0.39 is 23.2 Å². The van der Waals surface area contributed by atoms with Gasteiger partial charge in [-0.25, -0.2) is 4.98 Å². The summed E-state index contributed by atoms with van der Waals surface area (Å²) in [4.78, 5) is 28.4. The van der Waals surface area contributed by atoms with Gasteiger partial charge in [0.25, 0.3) is 11.5 Å². The highest BCUT2D eigenvalue weighted by Crippen LogP contribution is 2.32. The molecule has 0 unspecified atom stereocenters. The van der Waals surface area contributed by atoms with Crippen molar-refractivity contribution in [2.45, 2.75) is 12.6 Å². The van der Waals surface area contributed by atoms with Crippen molar-refractivity contribution in [2.75, 3.05) is 0 Å². The predicted octanol–water partition coefficient (Wildman–Crippen LogP) is 1.48. The number of benzene rings is 1. The van der Waals surface area contributed by atoms with Crippen LogP contribution in [0.15, 0.2) is 35.1 Å². The summed E-state index contributed by atoms with van der Waals surface area (Å²) >= 11 is 0. The summed E-state index contributed by atoms with van der Waals surface area (Å²) in [5.74, 6) is -0.987. The highest BCUT2D eigenvalue weighted by Gasteiger charge is 2.32. The number of alkyl halides is 3. The molecule has 0 saturated carbocycles. The number of carbonyl (C=O) groups excluding carboxylic acids is 1. The second kappa shape index (κ2) is 5.39. The van der Waals surface area contributed by atoms with Crippen LogP contribution >= 0.6 is 0 Å². The fourth-order valence-electron chi connectivity index (χ4n) is 1.85. The fraction of sp³-hybridized carbons (Fsp3) is 0.154. The molecule has 0 aliphatic rings. The van der Waals surface area contributed by atoms with Crippen molar-refractivity contribution < 1.29 is 18.0 Å². The molecule has 5 nitrogen and oxygen atoms in total. The van der Waals surface area contributed by atoms with Crippen molar-refractivity contribution in [3.8, 4) is 0 Å². The molecule has 1 amide bonds. The summed E-state index contributed by atoms with van der Waals surface area (Å²) in [5, 5.41) is 0. The van der Waals surface area contributed by atoms with Crippen molar-refractivity contribution in [2.24, 2.45) is 5.73 Å². The van der Waals surface area contributed by atoms with Crippen LogP contribution in [0, 0.1) is 0 Å². The van der Waals surface area contributed by atoms with Crippen LogP contribution in [0.1, 0.15) is 27.4 Å². The van der Waals surface area contributed by atoms with E-state index in [9.17, 15) is 22.8 Å². The van der Waals surface area contributed by atoms with Gasteiger partial charge < -0.3 is 10.7 Å². The number of primary amides is 1. The van der Waals surface area contributed by atoms with Gasteiger partial charge in [0.05, 0.1) is 5.56 Å². The SMILES string of the molecule is NC(=O)c1cc(=O)[nH]c(Cc2ccccc2C(F)(F)F)n1. The molecule has 21 heavy (non-hydrogen) atoms. The van der Waals surface area contributed by atoms with Crippen LogP contribution in [0.3, 0.4) is 0 Å². The Morgan fingerprint density at radius 2 is 1.95 bits per heavy atom. The van der Waals surface area contributed by atoms with Gasteiger partial charge in [0.1, 0.15) is 11.5 Å². The van der Waals surface area contributed by atoms with Crippen molar-refractivity contribution in [1.29, 1.82) is 0 Å². The van der Waals surface area contributed by atoms with E-state index in [4.69, 9.17) is 5.73 Å². The van der Waals surface area contributed by atoms with Crippen LogP contribution in [0.4, 0.5) is 13.2 Å². The van der Waals surface area contributed by atoms with E-state index in [0.717, 1.165) is 12.1 Å². The zero-order chi connectivity index (χ0) is 15.6. The number of nitrogens with two attached hydrogens (primary N) is 1. The number of rotatable bonds is 3.